The minimum absolute atomic E-state index is 0.0283. The molecule has 24 heavy (non-hydrogen) atoms. The first-order valence-electron chi connectivity index (χ1n) is 8.05. The molecule has 0 unspecified atom stereocenters. The van der Waals surface area contributed by atoms with Gasteiger partial charge in [0.25, 0.3) is 0 Å². The largest absolute Gasteiger partial charge is 0.489 e. The van der Waals surface area contributed by atoms with Crippen LogP contribution in [-0.2, 0) is 5.41 Å². The van der Waals surface area contributed by atoms with Gasteiger partial charge in [-0.3, -0.25) is 0 Å². The van der Waals surface area contributed by atoms with E-state index in [1.54, 1.807) is 0 Å². The number of hydrogen-bond acceptors (Lipinski definition) is 3. The Hall–Kier alpha value is -2.07. The average molecular weight is 343 g/mol. The first kappa shape index (κ1) is 18.3. The van der Waals surface area contributed by atoms with Crippen molar-refractivity contribution in [2.75, 3.05) is 13.2 Å². The Kier molecular flexibility index (Phi) is 5.84. The van der Waals surface area contributed by atoms with E-state index in [9.17, 15) is 0 Å². The van der Waals surface area contributed by atoms with E-state index in [1.807, 2.05) is 24.3 Å². The molecule has 2 N–H and O–H groups in total. The summed E-state index contributed by atoms with van der Waals surface area (Å²) in [6, 6.07) is 13.8. The molecule has 0 atom stereocenters. The van der Waals surface area contributed by atoms with E-state index < -0.39 is 0 Å². The highest BCUT2D eigenvalue weighted by atomic mass is 32.1. The first-order chi connectivity index (χ1) is 11.3. The van der Waals surface area contributed by atoms with Gasteiger partial charge >= 0.3 is 0 Å². The van der Waals surface area contributed by atoms with E-state index in [-0.39, 0.29) is 5.41 Å². The molecule has 2 aromatic rings. The Morgan fingerprint density at radius 3 is 2.33 bits per heavy atom. The number of aryl methyl sites for hydroxylation is 1. The van der Waals surface area contributed by atoms with E-state index in [1.165, 1.54) is 5.56 Å². The molecule has 2 rings (SSSR count). The second-order valence-corrected chi connectivity index (χ2v) is 7.20. The van der Waals surface area contributed by atoms with E-state index >= 15 is 0 Å². The zero-order valence-corrected chi connectivity index (χ0v) is 15.6. The van der Waals surface area contributed by atoms with E-state index in [0.717, 1.165) is 16.9 Å². The van der Waals surface area contributed by atoms with Crippen molar-refractivity contribution in [1.29, 1.82) is 0 Å². The fourth-order valence-electron chi connectivity index (χ4n) is 2.53. The van der Waals surface area contributed by atoms with Gasteiger partial charge in [0, 0.05) is 0 Å². The Bertz CT molecular complexity index is 720. The monoisotopic (exact) mass is 343 g/mol. The molecule has 0 bridgehead atoms. The Morgan fingerprint density at radius 2 is 1.67 bits per heavy atom. The van der Waals surface area contributed by atoms with Gasteiger partial charge in [0.05, 0.1) is 5.56 Å². The third kappa shape index (κ3) is 4.48. The third-order valence-corrected chi connectivity index (χ3v) is 3.98. The van der Waals surface area contributed by atoms with Crippen LogP contribution in [0.4, 0.5) is 0 Å². The molecular formula is C20H25NO2S. The molecule has 0 saturated carbocycles. The van der Waals surface area contributed by atoms with Gasteiger partial charge in [0.2, 0.25) is 0 Å². The molecule has 2 aromatic carbocycles. The van der Waals surface area contributed by atoms with Gasteiger partial charge in [0.15, 0.2) is 0 Å². The fraction of sp³-hybridized carbons (Fsp3) is 0.350. The van der Waals surface area contributed by atoms with Gasteiger partial charge in [-0.25, -0.2) is 0 Å². The maximum Gasteiger partial charge on any atom is 0.129 e. The number of thiocarbonyl (C=S) groups is 1. The summed E-state index contributed by atoms with van der Waals surface area (Å²) in [6.45, 7) is 9.50. The van der Waals surface area contributed by atoms with E-state index in [4.69, 9.17) is 27.4 Å². The normalized spacial score (nSPS) is 11.2. The third-order valence-electron chi connectivity index (χ3n) is 3.76. The highest BCUT2D eigenvalue weighted by Gasteiger charge is 2.20. The molecule has 0 aliphatic heterocycles. The molecule has 0 aliphatic rings. The van der Waals surface area contributed by atoms with Crippen LogP contribution in [0.25, 0.3) is 0 Å². The van der Waals surface area contributed by atoms with Crippen molar-refractivity contribution in [3.05, 3.63) is 59.2 Å². The zero-order chi connectivity index (χ0) is 17.7. The average Bonchev–Trinajstić information content (AvgIpc) is 2.52. The number of para-hydroxylation sites is 2. The quantitative estimate of drug-likeness (QED) is 0.624. The Balaban J connectivity index is 2.03. The van der Waals surface area contributed by atoms with Gasteiger partial charge < -0.3 is 15.2 Å². The lowest BCUT2D eigenvalue weighted by Gasteiger charge is -2.24. The van der Waals surface area contributed by atoms with Crippen molar-refractivity contribution >= 4 is 17.2 Å². The van der Waals surface area contributed by atoms with Gasteiger partial charge in [-0.15, -0.1) is 0 Å². The van der Waals surface area contributed by atoms with Crippen LogP contribution >= 0.6 is 12.2 Å². The number of nitrogens with two attached hydrogens (primary N) is 1. The van der Waals surface area contributed by atoms with E-state index in [0.29, 0.717) is 24.0 Å². The van der Waals surface area contributed by atoms with Crippen molar-refractivity contribution in [2.24, 2.45) is 5.73 Å². The molecule has 0 aromatic heterocycles. The molecule has 0 fully saturated rings. The second-order valence-electron chi connectivity index (χ2n) is 6.76. The zero-order valence-electron chi connectivity index (χ0n) is 14.8. The first-order valence-corrected chi connectivity index (χ1v) is 8.46. The smallest absolute Gasteiger partial charge is 0.129 e. The Labute approximate surface area is 149 Å². The fourth-order valence-corrected chi connectivity index (χ4v) is 2.69. The summed E-state index contributed by atoms with van der Waals surface area (Å²) >= 11 is 5.05. The molecule has 0 saturated heterocycles. The standard InChI is InChI=1S/C20H25NO2S/c1-14-8-7-10-16(20(2,3)4)18(14)23-13-12-22-17-11-6-5-9-15(17)19(21)24/h5-11H,12-13H2,1-4H3,(H2,21,24). The van der Waals surface area contributed by atoms with Crippen LogP contribution in [0.1, 0.15) is 37.5 Å². The number of benzene rings is 2. The molecule has 128 valence electrons. The summed E-state index contributed by atoms with van der Waals surface area (Å²) in [5.74, 6) is 1.63. The molecule has 0 radical (unpaired) electrons. The van der Waals surface area contributed by atoms with Crippen LogP contribution in [0.5, 0.6) is 11.5 Å². The summed E-state index contributed by atoms with van der Waals surface area (Å²) in [7, 11) is 0. The van der Waals surface area contributed by atoms with Crippen LogP contribution < -0.4 is 15.2 Å². The molecule has 3 nitrogen and oxygen atoms in total. The highest BCUT2D eigenvalue weighted by Crippen LogP contribution is 2.33. The van der Waals surface area contributed by atoms with Crippen LogP contribution in [0, 0.1) is 6.92 Å². The van der Waals surface area contributed by atoms with Crippen LogP contribution in [0.15, 0.2) is 42.5 Å². The summed E-state index contributed by atoms with van der Waals surface area (Å²) in [6.07, 6.45) is 0. The second kappa shape index (κ2) is 7.67. The summed E-state index contributed by atoms with van der Waals surface area (Å²) in [4.78, 5) is 0.334. The Morgan fingerprint density at radius 1 is 1.00 bits per heavy atom. The van der Waals surface area contributed by atoms with Gasteiger partial charge in [0.1, 0.15) is 29.7 Å². The molecule has 0 spiro atoms. The van der Waals surface area contributed by atoms with Crippen LogP contribution in [-0.4, -0.2) is 18.2 Å². The van der Waals surface area contributed by atoms with Crippen LogP contribution in [0.2, 0.25) is 0 Å². The number of rotatable bonds is 6. The summed E-state index contributed by atoms with van der Waals surface area (Å²) in [5.41, 5.74) is 8.83. The predicted octanol–water partition coefficient (Wildman–Crippen LogP) is 4.38. The van der Waals surface area contributed by atoms with E-state index in [2.05, 4.69) is 45.9 Å². The maximum atomic E-state index is 6.03. The predicted molar refractivity (Wildman–Crippen MR) is 103 cm³/mol. The minimum atomic E-state index is 0.0283. The van der Waals surface area contributed by atoms with Crippen LogP contribution in [0.3, 0.4) is 0 Å². The van der Waals surface area contributed by atoms with Crippen molar-refractivity contribution in [2.45, 2.75) is 33.1 Å². The topological polar surface area (TPSA) is 44.5 Å². The van der Waals surface area contributed by atoms with Gasteiger partial charge in [-0.1, -0.05) is 63.3 Å². The SMILES string of the molecule is Cc1cccc(C(C)(C)C)c1OCCOc1ccccc1C(N)=S. The number of hydrogen-bond donors (Lipinski definition) is 1. The molecular weight excluding hydrogens is 318 g/mol. The van der Waals surface area contributed by atoms with Crippen molar-refractivity contribution in [3.8, 4) is 11.5 Å². The summed E-state index contributed by atoms with van der Waals surface area (Å²) < 4.78 is 11.8. The molecule has 0 aliphatic carbocycles. The lowest BCUT2D eigenvalue weighted by atomic mass is 9.85. The lowest BCUT2D eigenvalue weighted by molar-refractivity contribution is 0.213. The van der Waals surface area contributed by atoms with Crippen molar-refractivity contribution < 1.29 is 9.47 Å². The minimum Gasteiger partial charge on any atom is -0.489 e. The lowest BCUT2D eigenvalue weighted by Crippen LogP contribution is -2.17. The van der Waals surface area contributed by atoms with Gasteiger partial charge in [-0.05, 0) is 35.6 Å². The molecule has 0 heterocycles. The molecule has 4 heteroatoms. The highest BCUT2D eigenvalue weighted by molar-refractivity contribution is 7.80. The number of ether oxygens (including phenoxy) is 2. The maximum absolute atomic E-state index is 6.03. The van der Waals surface area contributed by atoms with Gasteiger partial charge in [-0.2, -0.15) is 0 Å². The molecule has 0 amide bonds. The van der Waals surface area contributed by atoms with Crippen molar-refractivity contribution in [3.63, 3.8) is 0 Å². The summed E-state index contributed by atoms with van der Waals surface area (Å²) in [5, 5.41) is 0. The van der Waals surface area contributed by atoms with Crippen molar-refractivity contribution in [1.82, 2.24) is 0 Å².